The van der Waals surface area contributed by atoms with Gasteiger partial charge in [0, 0.05) is 18.2 Å². The van der Waals surface area contributed by atoms with E-state index >= 15 is 0 Å². The zero-order valence-electron chi connectivity index (χ0n) is 10.1. The second-order valence-electron chi connectivity index (χ2n) is 5.19. The van der Waals surface area contributed by atoms with E-state index in [4.69, 9.17) is 4.74 Å². The van der Waals surface area contributed by atoms with Crippen molar-refractivity contribution in [2.75, 3.05) is 7.11 Å². The third kappa shape index (κ3) is 2.04. The number of hydrogen-bond acceptors (Lipinski definition) is 2. The first-order valence-electron chi connectivity index (χ1n) is 6.35. The van der Waals surface area contributed by atoms with Gasteiger partial charge in [-0.15, -0.1) is 0 Å². The maximum absolute atomic E-state index is 14.0. The standard InChI is InChI=1S/C14H18FNO/c1-17-12-4-5-13(14(15)8-12)9-6-10-2-3-11(7-9)16-10/h4-5,8-11,16H,2-3,6-7H2,1H3. The van der Waals surface area contributed by atoms with Crippen molar-refractivity contribution in [2.45, 2.75) is 43.7 Å². The molecule has 1 aromatic carbocycles. The van der Waals surface area contributed by atoms with Gasteiger partial charge >= 0.3 is 0 Å². The highest BCUT2D eigenvalue weighted by Gasteiger charge is 2.34. The monoisotopic (exact) mass is 235 g/mol. The van der Waals surface area contributed by atoms with Crippen molar-refractivity contribution in [3.63, 3.8) is 0 Å². The van der Waals surface area contributed by atoms with Crippen LogP contribution in [0.25, 0.3) is 0 Å². The molecule has 2 bridgehead atoms. The van der Waals surface area contributed by atoms with Crippen LogP contribution in [-0.2, 0) is 0 Å². The molecule has 1 N–H and O–H groups in total. The lowest BCUT2D eigenvalue weighted by Crippen LogP contribution is -2.37. The smallest absolute Gasteiger partial charge is 0.130 e. The third-order valence-electron chi connectivity index (χ3n) is 4.12. The third-order valence-corrected chi connectivity index (χ3v) is 4.12. The van der Waals surface area contributed by atoms with Gasteiger partial charge in [0.2, 0.25) is 0 Å². The Kier molecular flexibility index (Phi) is 2.79. The van der Waals surface area contributed by atoms with Crippen LogP contribution in [0.4, 0.5) is 4.39 Å². The molecule has 2 aliphatic heterocycles. The zero-order valence-corrected chi connectivity index (χ0v) is 10.1. The molecule has 2 fully saturated rings. The van der Waals surface area contributed by atoms with Gasteiger partial charge in [-0.2, -0.15) is 0 Å². The molecule has 0 aliphatic carbocycles. The Bertz CT molecular complexity index is 409. The molecule has 2 nitrogen and oxygen atoms in total. The van der Waals surface area contributed by atoms with E-state index in [2.05, 4.69) is 5.32 Å². The summed E-state index contributed by atoms with van der Waals surface area (Å²) in [7, 11) is 1.57. The predicted molar refractivity (Wildman–Crippen MR) is 64.9 cm³/mol. The van der Waals surface area contributed by atoms with Crippen molar-refractivity contribution in [3.8, 4) is 5.75 Å². The number of hydrogen-bond donors (Lipinski definition) is 1. The van der Waals surface area contributed by atoms with Gasteiger partial charge in [-0.25, -0.2) is 4.39 Å². The highest BCUT2D eigenvalue weighted by atomic mass is 19.1. The van der Waals surface area contributed by atoms with Crippen molar-refractivity contribution >= 4 is 0 Å². The number of nitrogens with one attached hydrogen (secondary N) is 1. The highest BCUT2D eigenvalue weighted by molar-refractivity contribution is 5.32. The molecule has 0 amide bonds. The summed E-state index contributed by atoms with van der Waals surface area (Å²) in [5, 5.41) is 3.58. The molecule has 3 heteroatoms. The molecule has 1 aromatic rings. The van der Waals surface area contributed by atoms with Crippen molar-refractivity contribution in [1.29, 1.82) is 0 Å². The molecule has 17 heavy (non-hydrogen) atoms. The molecule has 3 rings (SSSR count). The van der Waals surface area contributed by atoms with E-state index in [9.17, 15) is 4.39 Å². The second kappa shape index (κ2) is 4.30. The van der Waals surface area contributed by atoms with Crippen molar-refractivity contribution < 1.29 is 9.13 Å². The van der Waals surface area contributed by atoms with E-state index in [1.807, 2.05) is 12.1 Å². The summed E-state index contributed by atoms with van der Waals surface area (Å²) >= 11 is 0. The molecule has 2 saturated heterocycles. The Hall–Kier alpha value is -1.09. The highest BCUT2D eigenvalue weighted by Crippen LogP contribution is 2.38. The molecule has 2 heterocycles. The Balaban J connectivity index is 1.84. The SMILES string of the molecule is COc1ccc(C2CC3CCC(C2)N3)c(F)c1. The summed E-state index contributed by atoms with van der Waals surface area (Å²) < 4.78 is 19.0. The van der Waals surface area contributed by atoms with Gasteiger partial charge < -0.3 is 10.1 Å². The second-order valence-corrected chi connectivity index (χ2v) is 5.19. The van der Waals surface area contributed by atoms with Crippen LogP contribution in [0, 0.1) is 5.82 Å². The number of fused-ring (bicyclic) bond motifs is 2. The lowest BCUT2D eigenvalue weighted by atomic mass is 9.86. The van der Waals surface area contributed by atoms with E-state index in [0.29, 0.717) is 23.8 Å². The Morgan fingerprint density at radius 1 is 1.24 bits per heavy atom. The van der Waals surface area contributed by atoms with Gasteiger partial charge in [0.05, 0.1) is 7.11 Å². The minimum absolute atomic E-state index is 0.115. The first-order chi connectivity index (χ1) is 8.26. The predicted octanol–water partition coefficient (Wildman–Crippen LogP) is 2.83. The fourth-order valence-electron chi connectivity index (χ4n) is 3.28. The Morgan fingerprint density at radius 3 is 2.53 bits per heavy atom. The maximum atomic E-state index is 14.0. The molecule has 0 saturated carbocycles. The lowest BCUT2D eigenvalue weighted by molar-refractivity contribution is 0.355. The molecule has 0 spiro atoms. The van der Waals surface area contributed by atoms with Gasteiger partial charge in [0.25, 0.3) is 0 Å². The van der Waals surface area contributed by atoms with Crippen molar-refractivity contribution in [3.05, 3.63) is 29.6 Å². The number of halogens is 1. The fraction of sp³-hybridized carbons (Fsp3) is 0.571. The van der Waals surface area contributed by atoms with E-state index < -0.39 is 0 Å². The van der Waals surface area contributed by atoms with Crippen LogP contribution >= 0.6 is 0 Å². The van der Waals surface area contributed by atoms with E-state index in [1.165, 1.54) is 18.9 Å². The average Bonchev–Trinajstić information content (AvgIpc) is 2.68. The molecule has 2 atom stereocenters. The number of methoxy groups -OCH3 is 1. The number of benzene rings is 1. The summed E-state index contributed by atoms with van der Waals surface area (Å²) in [5.74, 6) is 0.860. The Labute approximate surface area is 101 Å². The fourth-order valence-corrected chi connectivity index (χ4v) is 3.28. The minimum Gasteiger partial charge on any atom is -0.497 e. The number of piperidine rings is 1. The molecule has 92 valence electrons. The van der Waals surface area contributed by atoms with E-state index in [1.54, 1.807) is 7.11 Å². The van der Waals surface area contributed by atoms with Crippen LogP contribution in [0.1, 0.15) is 37.2 Å². The summed E-state index contributed by atoms with van der Waals surface area (Å²) in [6.07, 6.45) is 4.64. The van der Waals surface area contributed by atoms with Crippen LogP contribution in [0.2, 0.25) is 0 Å². The van der Waals surface area contributed by atoms with Crippen LogP contribution in [0.3, 0.4) is 0 Å². The molecule has 2 aliphatic rings. The normalized spacial score (nSPS) is 31.5. The van der Waals surface area contributed by atoms with Crippen molar-refractivity contribution in [1.82, 2.24) is 5.32 Å². The summed E-state index contributed by atoms with van der Waals surface area (Å²) in [6.45, 7) is 0. The molecule has 0 aromatic heterocycles. The van der Waals surface area contributed by atoms with Crippen molar-refractivity contribution in [2.24, 2.45) is 0 Å². The van der Waals surface area contributed by atoms with Crippen LogP contribution in [0.5, 0.6) is 5.75 Å². The first-order valence-corrected chi connectivity index (χ1v) is 6.35. The lowest BCUT2D eigenvalue weighted by Gasteiger charge is -2.29. The van der Waals surface area contributed by atoms with Crippen LogP contribution in [-0.4, -0.2) is 19.2 Å². The average molecular weight is 235 g/mol. The largest absolute Gasteiger partial charge is 0.497 e. The zero-order chi connectivity index (χ0) is 11.8. The molecule has 2 unspecified atom stereocenters. The van der Waals surface area contributed by atoms with Gasteiger partial charge in [0.15, 0.2) is 0 Å². The summed E-state index contributed by atoms with van der Waals surface area (Å²) in [4.78, 5) is 0. The van der Waals surface area contributed by atoms with Gasteiger partial charge in [-0.3, -0.25) is 0 Å². The number of rotatable bonds is 2. The summed E-state index contributed by atoms with van der Waals surface area (Å²) in [5.41, 5.74) is 0.865. The first kappa shape index (κ1) is 11.0. The van der Waals surface area contributed by atoms with E-state index in [0.717, 1.165) is 18.4 Å². The topological polar surface area (TPSA) is 21.3 Å². The quantitative estimate of drug-likeness (QED) is 0.851. The molecular formula is C14H18FNO. The molecule has 0 radical (unpaired) electrons. The van der Waals surface area contributed by atoms with Gasteiger partial charge in [-0.05, 0) is 43.2 Å². The van der Waals surface area contributed by atoms with Gasteiger partial charge in [0.1, 0.15) is 11.6 Å². The summed E-state index contributed by atoms with van der Waals surface area (Å²) in [6, 6.07) is 6.45. The van der Waals surface area contributed by atoms with Crippen LogP contribution in [0.15, 0.2) is 18.2 Å². The Morgan fingerprint density at radius 2 is 1.94 bits per heavy atom. The van der Waals surface area contributed by atoms with Crippen LogP contribution < -0.4 is 10.1 Å². The minimum atomic E-state index is -0.115. The number of ether oxygens (including phenoxy) is 1. The van der Waals surface area contributed by atoms with Gasteiger partial charge in [-0.1, -0.05) is 6.07 Å². The maximum Gasteiger partial charge on any atom is 0.130 e. The van der Waals surface area contributed by atoms with E-state index in [-0.39, 0.29) is 5.82 Å². The molecular weight excluding hydrogens is 217 g/mol.